The molecule has 0 unspecified atom stereocenters. The number of rotatable bonds is 2. The number of hydrogen-bond donors (Lipinski definition) is 2. The van der Waals surface area contributed by atoms with Crippen LogP contribution in [0, 0.1) is 11.8 Å². The van der Waals surface area contributed by atoms with Crippen molar-refractivity contribution in [1.82, 2.24) is 5.32 Å². The molecule has 0 saturated heterocycles. The first-order valence-corrected chi connectivity index (χ1v) is 7.39. The van der Waals surface area contributed by atoms with Gasteiger partial charge in [-0.2, -0.15) is 0 Å². The highest BCUT2D eigenvalue weighted by atomic mass is 16.1. The second kappa shape index (κ2) is 7.72. The molecular weight excluding hydrogens is 248 g/mol. The zero-order chi connectivity index (χ0) is 14.2. The molecule has 1 saturated carbocycles. The van der Waals surface area contributed by atoms with Gasteiger partial charge in [0, 0.05) is 17.2 Å². The first kappa shape index (κ1) is 14.6. The molecule has 1 aliphatic carbocycles. The van der Waals surface area contributed by atoms with E-state index in [4.69, 9.17) is 5.73 Å². The molecule has 1 aromatic carbocycles. The number of carbonyl (C=O) groups excluding carboxylic acids is 1. The van der Waals surface area contributed by atoms with Crippen LogP contribution in [0.15, 0.2) is 24.3 Å². The first-order chi connectivity index (χ1) is 9.79. The van der Waals surface area contributed by atoms with Crippen molar-refractivity contribution in [2.45, 2.75) is 44.6 Å². The topological polar surface area (TPSA) is 55.1 Å². The molecule has 0 aromatic heterocycles. The first-order valence-electron chi connectivity index (χ1n) is 7.39. The van der Waals surface area contributed by atoms with Gasteiger partial charge in [0.15, 0.2) is 0 Å². The van der Waals surface area contributed by atoms with Gasteiger partial charge in [0.05, 0.1) is 6.54 Å². The predicted octanol–water partition coefficient (Wildman–Crippen LogP) is 2.45. The fraction of sp³-hybridized carbons (Fsp3) is 0.471. The number of nitrogens with two attached hydrogens (primary N) is 1. The third kappa shape index (κ3) is 4.40. The van der Waals surface area contributed by atoms with Crippen LogP contribution < -0.4 is 11.1 Å². The zero-order valence-corrected chi connectivity index (χ0v) is 11.8. The van der Waals surface area contributed by atoms with Gasteiger partial charge in [-0.25, -0.2) is 0 Å². The standard InChI is InChI=1S/C17H22N2O/c18-13-5-6-14-9-11-15(12-10-14)17(20)19-16-7-3-1-2-4-8-16/h9-12,16H,1-4,7-8,13,18H2,(H,19,20). The van der Waals surface area contributed by atoms with E-state index in [0.29, 0.717) is 18.2 Å². The van der Waals surface area contributed by atoms with Crippen LogP contribution in [0.1, 0.15) is 54.4 Å². The minimum absolute atomic E-state index is 0.0234. The summed E-state index contributed by atoms with van der Waals surface area (Å²) in [5.74, 6) is 5.78. The maximum atomic E-state index is 12.2. The van der Waals surface area contributed by atoms with Crippen LogP contribution in [-0.4, -0.2) is 18.5 Å². The lowest BCUT2D eigenvalue weighted by molar-refractivity contribution is 0.0933. The van der Waals surface area contributed by atoms with Gasteiger partial charge in [-0.15, -0.1) is 0 Å². The number of nitrogens with one attached hydrogen (secondary N) is 1. The van der Waals surface area contributed by atoms with Crippen LogP contribution >= 0.6 is 0 Å². The lowest BCUT2D eigenvalue weighted by Gasteiger charge is -2.16. The molecule has 1 aromatic rings. The van der Waals surface area contributed by atoms with Crippen LogP contribution in [0.4, 0.5) is 0 Å². The second-order valence-electron chi connectivity index (χ2n) is 5.25. The number of benzene rings is 1. The minimum atomic E-state index is 0.0234. The van der Waals surface area contributed by atoms with Crippen LogP contribution in [0.5, 0.6) is 0 Å². The molecular formula is C17H22N2O. The third-order valence-corrected chi connectivity index (χ3v) is 3.67. The highest BCUT2D eigenvalue weighted by Crippen LogP contribution is 2.17. The van der Waals surface area contributed by atoms with Gasteiger partial charge in [0.25, 0.3) is 5.91 Å². The SMILES string of the molecule is NCC#Cc1ccc(C(=O)NC2CCCCCC2)cc1. The molecule has 0 atom stereocenters. The summed E-state index contributed by atoms with van der Waals surface area (Å²) < 4.78 is 0. The summed E-state index contributed by atoms with van der Waals surface area (Å²) in [6, 6.07) is 7.72. The van der Waals surface area contributed by atoms with Crippen molar-refractivity contribution >= 4 is 5.91 Å². The minimum Gasteiger partial charge on any atom is -0.349 e. The summed E-state index contributed by atoms with van der Waals surface area (Å²) in [6.45, 7) is 0.351. The van der Waals surface area contributed by atoms with Crippen molar-refractivity contribution in [3.8, 4) is 11.8 Å². The predicted molar refractivity (Wildman–Crippen MR) is 81.3 cm³/mol. The zero-order valence-electron chi connectivity index (χ0n) is 11.8. The van der Waals surface area contributed by atoms with Gasteiger partial charge in [-0.3, -0.25) is 4.79 Å². The molecule has 0 heterocycles. The molecule has 3 N–H and O–H groups in total. The lowest BCUT2D eigenvalue weighted by atomic mass is 10.1. The molecule has 0 aliphatic heterocycles. The summed E-state index contributed by atoms with van der Waals surface area (Å²) in [5.41, 5.74) is 6.93. The maximum Gasteiger partial charge on any atom is 0.251 e. The van der Waals surface area contributed by atoms with Gasteiger partial charge < -0.3 is 11.1 Å². The van der Waals surface area contributed by atoms with Crippen molar-refractivity contribution in [3.05, 3.63) is 35.4 Å². The van der Waals surface area contributed by atoms with Gasteiger partial charge in [0.2, 0.25) is 0 Å². The molecule has 0 radical (unpaired) electrons. The Morgan fingerprint density at radius 1 is 1.15 bits per heavy atom. The van der Waals surface area contributed by atoms with Crippen LogP contribution in [0.3, 0.4) is 0 Å². The molecule has 3 nitrogen and oxygen atoms in total. The molecule has 1 fully saturated rings. The molecule has 2 rings (SSSR count). The Morgan fingerprint density at radius 2 is 1.80 bits per heavy atom. The summed E-state index contributed by atoms with van der Waals surface area (Å²) in [7, 11) is 0. The van der Waals surface area contributed by atoms with Crippen molar-refractivity contribution in [2.24, 2.45) is 5.73 Å². The number of amides is 1. The fourth-order valence-electron chi connectivity index (χ4n) is 2.55. The molecule has 1 aliphatic rings. The van der Waals surface area contributed by atoms with Gasteiger partial charge in [-0.05, 0) is 37.1 Å². The number of hydrogen-bond acceptors (Lipinski definition) is 2. The van der Waals surface area contributed by atoms with E-state index in [9.17, 15) is 4.79 Å². The third-order valence-electron chi connectivity index (χ3n) is 3.67. The Balaban J connectivity index is 1.94. The largest absolute Gasteiger partial charge is 0.349 e. The molecule has 0 spiro atoms. The Kier molecular flexibility index (Phi) is 5.64. The lowest BCUT2D eigenvalue weighted by Crippen LogP contribution is -2.34. The Morgan fingerprint density at radius 3 is 2.40 bits per heavy atom. The van der Waals surface area contributed by atoms with E-state index in [2.05, 4.69) is 17.2 Å². The highest BCUT2D eigenvalue weighted by Gasteiger charge is 2.15. The summed E-state index contributed by atoms with van der Waals surface area (Å²) in [4.78, 5) is 12.2. The van der Waals surface area contributed by atoms with Crippen LogP contribution in [-0.2, 0) is 0 Å². The van der Waals surface area contributed by atoms with E-state index < -0.39 is 0 Å². The maximum absolute atomic E-state index is 12.2. The van der Waals surface area contributed by atoms with E-state index >= 15 is 0 Å². The van der Waals surface area contributed by atoms with E-state index in [-0.39, 0.29) is 5.91 Å². The average molecular weight is 270 g/mol. The fourth-order valence-corrected chi connectivity index (χ4v) is 2.55. The Labute approximate surface area is 120 Å². The van der Waals surface area contributed by atoms with Crippen LogP contribution in [0.25, 0.3) is 0 Å². The van der Waals surface area contributed by atoms with Crippen molar-refractivity contribution < 1.29 is 4.79 Å². The summed E-state index contributed by atoms with van der Waals surface area (Å²) in [6.07, 6.45) is 7.23. The van der Waals surface area contributed by atoms with E-state index in [0.717, 1.165) is 18.4 Å². The van der Waals surface area contributed by atoms with Gasteiger partial charge >= 0.3 is 0 Å². The molecule has 3 heteroatoms. The molecule has 0 bridgehead atoms. The molecule has 1 amide bonds. The Bertz CT molecular complexity index is 488. The number of carbonyl (C=O) groups is 1. The summed E-state index contributed by atoms with van der Waals surface area (Å²) >= 11 is 0. The van der Waals surface area contributed by atoms with Crippen molar-refractivity contribution in [3.63, 3.8) is 0 Å². The smallest absolute Gasteiger partial charge is 0.251 e. The van der Waals surface area contributed by atoms with Crippen molar-refractivity contribution in [1.29, 1.82) is 0 Å². The van der Waals surface area contributed by atoms with E-state index in [1.165, 1.54) is 25.7 Å². The second-order valence-corrected chi connectivity index (χ2v) is 5.25. The van der Waals surface area contributed by atoms with Gasteiger partial charge in [-0.1, -0.05) is 37.5 Å². The Hall–Kier alpha value is -1.79. The molecule has 20 heavy (non-hydrogen) atoms. The molecule has 106 valence electrons. The van der Waals surface area contributed by atoms with E-state index in [1.54, 1.807) is 0 Å². The van der Waals surface area contributed by atoms with Crippen LogP contribution in [0.2, 0.25) is 0 Å². The van der Waals surface area contributed by atoms with Gasteiger partial charge in [0.1, 0.15) is 0 Å². The van der Waals surface area contributed by atoms with E-state index in [1.807, 2.05) is 24.3 Å². The normalized spacial score (nSPS) is 15.8. The monoisotopic (exact) mass is 270 g/mol. The highest BCUT2D eigenvalue weighted by molar-refractivity contribution is 5.94. The van der Waals surface area contributed by atoms with Crippen molar-refractivity contribution in [2.75, 3.05) is 6.54 Å². The summed E-state index contributed by atoms with van der Waals surface area (Å²) in [5, 5.41) is 3.14. The quantitative estimate of drug-likeness (QED) is 0.640. The average Bonchev–Trinajstić information content (AvgIpc) is 2.74.